The Balaban J connectivity index is 0.00000208. The third-order valence-electron chi connectivity index (χ3n) is 3.48. The number of aromatic nitrogens is 2. The number of hydrogen-bond donors (Lipinski definition) is 3. The van der Waals surface area contributed by atoms with Crippen LogP contribution in [0, 0.1) is 0 Å². The molecule has 0 unspecified atom stereocenters. The van der Waals surface area contributed by atoms with E-state index in [1.54, 1.807) is 12.3 Å². The summed E-state index contributed by atoms with van der Waals surface area (Å²) in [5.74, 6) is -0.0988. The minimum Gasteiger partial charge on any atom is -0.369 e. The second-order valence-corrected chi connectivity index (χ2v) is 5.09. The Morgan fingerprint density at radius 2 is 1.71 bits per heavy atom. The Hall–Kier alpha value is -3.05. The summed E-state index contributed by atoms with van der Waals surface area (Å²) in [7, 11) is 0. The third kappa shape index (κ3) is 3.83. The van der Waals surface area contributed by atoms with Gasteiger partial charge in [0, 0.05) is 5.57 Å². The Morgan fingerprint density at radius 3 is 2.25 bits per heavy atom. The smallest absolute Gasteiger partial charge is 0.249 e. The van der Waals surface area contributed by atoms with Gasteiger partial charge in [-0.3, -0.25) is 4.79 Å². The van der Waals surface area contributed by atoms with Gasteiger partial charge in [0.25, 0.3) is 0 Å². The summed E-state index contributed by atoms with van der Waals surface area (Å²) in [6.45, 7) is 0. The molecule has 0 fully saturated rings. The number of nitrogens with zero attached hydrogens (tertiary/aromatic N) is 1. The van der Waals surface area contributed by atoms with E-state index in [1.807, 2.05) is 54.6 Å². The van der Waals surface area contributed by atoms with Crippen molar-refractivity contribution < 1.29 is 4.79 Å². The van der Waals surface area contributed by atoms with Gasteiger partial charge in [0.2, 0.25) is 5.91 Å². The molecule has 0 saturated carbocycles. The SMILES string of the molecule is Cl.NC(=O)C(=Cc1ccccc1)c1ccc(-c2cnc(N)[nH]2)cc1. The number of carbonyl (C=O) groups excluding carboxylic acids is 1. The molecule has 2 aromatic carbocycles. The lowest BCUT2D eigenvalue weighted by Gasteiger charge is -2.06. The number of rotatable bonds is 4. The van der Waals surface area contributed by atoms with Crippen LogP contribution in [0.1, 0.15) is 11.1 Å². The van der Waals surface area contributed by atoms with Crippen molar-refractivity contribution in [1.29, 1.82) is 0 Å². The van der Waals surface area contributed by atoms with Gasteiger partial charge in [-0.25, -0.2) is 4.98 Å². The summed E-state index contributed by atoms with van der Waals surface area (Å²) < 4.78 is 0. The number of aromatic amines is 1. The Kier molecular flexibility index (Phi) is 5.39. The first-order valence-corrected chi connectivity index (χ1v) is 7.11. The molecule has 5 nitrogen and oxygen atoms in total. The van der Waals surface area contributed by atoms with Crippen LogP contribution in [0.2, 0.25) is 0 Å². The molecule has 3 rings (SSSR count). The number of halogens is 1. The van der Waals surface area contributed by atoms with Gasteiger partial charge in [-0.05, 0) is 22.8 Å². The molecule has 24 heavy (non-hydrogen) atoms. The number of imidazole rings is 1. The number of benzene rings is 2. The number of H-pyrrole nitrogens is 1. The Labute approximate surface area is 145 Å². The van der Waals surface area contributed by atoms with Gasteiger partial charge < -0.3 is 16.5 Å². The van der Waals surface area contributed by atoms with Gasteiger partial charge >= 0.3 is 0 Å². The molecule has 5 N–H and O–H groups in total. The van der Waals surface area contributed by atoms with Crippen LogP contribution in [-0.2, 0) is 4.79 Å². The maximum Gasteiger partial charge on any atom is 0.249 e. The fourth-order valence-corrected chi connectivity index (χ4v) is 2.33. The summed E-state index contributed by atoms with van der Waals surface area (Å²) in [6, 6.07) is 17.1. The number of nitrogens with one attached hydrogen (secondary N) is 1. The Bertz CT molecular complexity index is 854. The molecule has 1 amide bonds. The van der Waals surface area contributed by atoms with Crippen molar-refractivity contribution in [2.75, 3.05) is 5.73 Å². The molecule has 0 atom stereocenters. The first-order valence-electron chi connectivity index (χ1n) is 7.11. The van der Waals surface area contributed by atoms with E-state index in [1.165, 1.54) is 0 Å². The van der Waals surface area contributed by atoms with Gasteiger partial charge in [-0.1, -0.05) is 54.6 Å². The van der Waals surface area contributed by atoms with Crippen LogP contribution in [0.3, 0.4) is 0 Å². The Morgan fingerprint density at radius 1 is 1.04 bits per heavy atom. The topological polar surface area (TPSA) is 97.8 Å². The summed E-state index contributed by atoms with van der Waals surface area (Å²) in [4.78, 5) is 18.7. The lowest BCUT2D eigenvalue weighted by molar-refractivity contribution is -0.112. The number of amides is 1. The van der Waals surface area contributed by atoms with Crippen LogP contribution in [0.4, 0.5) is 5.95 Å². The van der Waals surface area contributed by atoms with Crippen LogP contribution in [0.5, 0.6) is 0 Å². The average Bonchev–Trinajstić information content (AvgIpc) is 3.00. The number of anilines is 1. The molecule has 0 aliphatic carbocycles. The van der Waals surface area contributed by atoms with Gasteiger partial charge in [-0.15, -0.1) is 12.4 Å². The highest BCUT2D eigenvalue weighted by Gasteiger charge is 2.09. The van der Waals surface area contributed by atoms with E-state index >= 15 is 0 Å². The van der Waals surface area contributed by atoms with Crippen LogP contribution in [0.15, 0.2) is 60.8 Å². The van der Waals surface area contributed by atoms with E-state index in [2.05, 4.69) is 9.97 Å². The van der Waals surface area contributed by atoms with Gasteiger partial charge in [0.1, 0.15) is 0 Å². The molecular weight excluding hydrogens is 324 g/mol. The van der Waals surface area contributed by atoms with Gasteiger partial charge in [-0.2, -0.15) is 0 Å². The normalized spacial score (nSPS) is 10.9. The van der Waals surface area contributed by atoms with Crippen molar-refractivity contribution in [3.05, 3.63) is 71.9 Å². The number of primary amides is 1. The highest BCUT2D eigenvalue weighted by Crippen LogP contribution is 2.23. The summed E-state index contributed by atoms with van der Waals surface area (Å²) in [5, 5.41) is 0. The average molecular weight is 341 g/mol. The minimum absolute atomic E-state index is 0. The van der Waals surface area contributed by atoms with Crippen LogP contribution in [0.25, 0.3) is 22.9 Å². The zero-order valence-electron chi connectivity index (χ0n) is 12.8. The standard InChI is InChI=1S/C18H16N4O.ClH/c19-17(23)15(10-12-4-2-1-3-5-12)13-6-8-14(9-7-13)16-11-21-18(20)22-16;/h1-11H,(H2,19,23)(H3,20,21,22);1H. The quantitative estimate of drug-likeness (QED) is 0.502. The molecule has 0 aliphatic heterocycles. The van der Waals surface area contributed by atoms with Crippen molar-refractivity contribution in [1.82, 2.24) is 9.97 Å². The maximum atomic E-state index is 11.8. The molecule has 122 valence electrons. The fraction of sp³-hybridized carbons (Fsp3) is 0. The molecule has 6 heteroatoms. The van der Waals surface area contributed by atoms with E-state index in [9.17, 15) is 4.79 Å². The van der Waals surface area contributed by atoms with Crippen molar-refractivity contribution in [2.45, 2.75) is 0 Å². The number of nitrogens with two attached hydrogens (primary N) is 2. The number of nitrogen functional groups attached to an aromatic ring is 1. The van der Waals surface area contributed by atoms with E-state index in [4.69, 9.17) is 11.5 Å². The third-order valence-corrected chi connectivity index (χ3v) is 3.48. The van der Waals surface area contributed by atoms with E-state index in [0.717, 1.165) is 22.4 Å². The lowest BCUT2D eigenvalue weighted by Crippen LogP contribution is -2.12. The van der Waals surface area contributed by atoms with Crippen LogP contribution >= 0.6 is 12.4 Å². The molecule has 0 bridgehead atoms. The first kappa shape index (κ1) is 17.3. The zero-order valence-corrected chi connectivity index (χ0v) is 13.6. The monoisotopic (exact) mass is 340 g/mol. The highest BCUT2D eigenvalue weighted by molar-refractivity contribution is 6.23. The van der Waals surface area contributed by atoms with Gasteiger partial charge in [0.15, 0.2) is 5.95 Å². The largest absolute Gasteiger partial charge is 0.369 e. The van der Waals surface area contributed by atoms with E-state index < -0.39 is 5.91 Å². The lowest BCUT2D eigenvalue weighted by atomic mass is 10.0. The van der Waals surface area contributed by atoms with Gasteiger partial charge in [0.05, 0.1) is 11.9 Å². The molecule has 1 heterocycles. The molecular formula is C18H17ClN4O. The minimum atomic E-state index is -0.465. The van der Waals surface area contributed by atoms with Crippen molar-refractivity contribution in [3.8, 4) is 11.3 Å². The molecule has 0 saturated heterocycles. The number of carbonyl (C=O) groups is 1. The van der Waals surface area contributed by atoms with Crippen molar-refractivity contribution in [3.63, 3.8) is 0 Å². The summed E-state index contributed by atoms with van der Waals surface area (Å²) >= 11 is 0. The second-order valence-electron chi connectivity index (χ2n) is 5.09. The molecule has 0 spiro atoms. The van der Waals surface area contributed by atoms with E-state index in [-0.39, 0.29) is 12.4 Å². The van der Waals surface area contributed by atoms with Crippen LogP contribution in [-0.4, -0.2) is 15.9 Å². The molecule has 1 aromatic heterocycles. The molecule has 0 radical (unpaired) electrons. The predicted molar refractivity (Wildman–Crippen MR) is 99.2 cm³/mol. The summed E-state index contributed by atoms with van der Waals surface area (Å²) in [5.41, 5.74) is 15.0. The van der Waals surface area contributed by atoms with E-state index in [0.29, 0.717) is 11.5 Å². The zero-order chi connectivity index (χ0) is 16.2. The number of hydrogen-bond acceptors (Lipinski definition) is 3. The predicted octanol–water partition coefficient (Wildman–Crippen LogP) is 3.11. The highest BCUT2D eigenvalue weighted by atomic mass is 35.5. The fourth-order valence-electron chi connectivity index (χ4n) is 2.33. The summed E-state index contributed by atoms with van der Waals surface area (Å²) in [6.07, 6.45) is 3.45. The first-order chi connectivity index (χ1) is 11.1. The molecule has 0 aliphatic rings. The second kappa shape index (κ2) is 7.48. The van der Waals surface area contributed by atoms with Crippen molar-refractivity contribution >= 4 is 35.9 Å². The van der Waals surface area contributed by atoms with Crippen LogP contribution < -0.4 is 11.5 Å². The maximum absolute atomic E-state index is 11.8. The molecule has 3 aromatic rings. The van der Waals surface area contributed by atoms with Crippen molar-refractivity contribution in [2.24, 2.45) is 5.73 Å².